The Labute approximate surface area is 112 Å². The first kappa shape index (κ1) is 13.9. The van der Waals surface area contributed by atoms with E-state index in [4.69, 9.17) is 0 Å². The molecule has 1 fully saturated rings. The van der Waals surface area contributed by atoms with Crippen LogP contribution in [0.25, 0.3) is 0 Å². The minimum atomic E-state index is -0.334. The number of H-pyrrole nitrogens is 2. The Morgan fingerprint density at radius 3 is 2.53 bits per heavy atom. The van der Waals surface area contributed by atoms with Crippen molar-refractivity contribution in [1.29, 1.82) is 0 Å². The van der Waals surface area contributed by atoms with E-state index >= 15 is 0 Å². The number of hydrogen-bond acceptors (Lipinski definition) is 3. The summed E-state index contributed by atoms with van der Waals surface area (Å²) in [6.07, 6.45) is 3.47. The molecule has 0 saturated carbocycles. The molecule has 1 saturated heterocycles. The Morgan fingerprint density at radius 1 is 1.42 bits per heavy atom. The lowest BCUT2D eigenvalue weighted by atomic mass is 9.89. The van der Waals surface area contributed by atoms with Gasteiger partial charge >= 0.3 is 5.69 Å². The molecule has 0 aromatic carbocycles. The predicted molar refractivity (Wildman–Crippen MR) is 73.2 cm³/mol. The van der Waals surface area contributed by atoms with Crippen molar-refractivity contribution >= 4 is 5.91 Å². The van der Waals surface area contributed by atoms with Crippen molar-refractivity contribution in [2.75, 3.05) is 27.2 Å². The van der Waals surface area contributed by atoms with Crippen molar-refractivity contribution in [3.8, 4) is 0 Å². The fourth-order valence-electron chi connectivity index (χ4n) is 2.62. The topological polar surface area (TPSA) is 72.2 Å². The van der Waals surface area contributed by atoms with Crippen LogP contribution in [0.2, 0.25) is 0 Å². The van der Waals surface area contributed by atoms with Crippen molar-refractivity contribution in [2.45, 2.75) is 25.8 Å². The van der Waals surface area contributed by atoms with Crippen LogP contribution in [0.1, 0.15) is 30.3 Å². The Kier molecular flexibility index (Phi) is 4.09. The van der Waals surface area contributed by atoms with Crippen molar-refractivity contribution in [3.63, 3.8) is 0 Å². The van der Waals surface area contributed by atoms with Gasteiger partial charge in [0.25, 0.3) is 5.91 Å². The van der Waals surface area contributed by atoms with Crippen LogP contribution in [0, 0.1) is 5.92 Å². The summed E-state index contributed by atoms with van der Waals surface area (Å²) >= 11 is 0. The number of piperidine rings is 1. The van der Waals surface area contributed by atoms with Gasteiger partial charge in [-0.25, -0.2) is 4.79 Å². The summed E-state index contributed by atoms with van der Waals surface area (Å²) in [7, 11) is 4.18. The van der Waals surface area contributed by atoms with E-state index in [0.29, 0.717) is 17.7 Å². The van der Waals surface area contributed by atoms with Crippen molar-refractivity contribution < 1.29 is 4.79 Å². The number of aromatic amines is 2. The van der Waals surface area contributed by atoms with E-state index in [-0.39, 0.29) is 11.6 Å². The number of amides is 1. The van der Waals surface area contributed by atoms with Crippen LogP contribution in [0.4, 0.5) is 0 Å². The summed E-state index contributed by atoms with van der Waals surface area (Å²) in [5.41, 5.74) is 0.0172. The number of imidazole rings is 1. The highest BCUT2D eigenvalue weighted by atomic mass is 16.2. The number of carbonyl (C=O) groups excluding carboxylic acids is 1. The molecule has 2 heterocycles. The van der Waals surface area contributed by atoms with Gasteiger partial charge in [-0.2, -0.15) is 0 Å². The van der Waals surface area contributed by atoms with E-state index in [2.05, 4.69) is 35.9 Å². The van der Waals surface area contributed by atoms with E-state index in [1.54, 1.807) is 0 Å². The van der Waals surface area contributed by atoms with Gasteiger partial charge in [0.2, 0.25) is 0 Å². The van der Waals surface area contributed by atoms with Gasteiger partial charge in [0.15, 0.2) is 0 Å². The summed E-state index contributed by atoms with van der Waals surface area (Å²) in [6.45, 7) is 3.75. The number of aromatic nitrogens is 2. The number of carbonyl (C=O) groups is 1. The second-order valence-corrected chi connectivity index (χ2v) is 5.49. The minimum absolute atomic E-state index is 0.0886. The van der Waals surface area contributed by atoms with E-state index in [1.807, 2.05) is 4.90 Å². The summed E-state index contributed by atoms with van der Waals surface area (Å²) in [5, 5.41) is 0. The number of nitrogens with zero attached hydrogens (tertiary/aromatic N) is 2. The molecule has 19 heavy (non-hydrogen) atoms. The highest BCUT2D eigenvalue weighted by Crippen LogP contribution is 2.23. The third-order valence-corrected chi connectivity index (χ3v) is 4.15. The van der Waals surface area contributed by atoms with Gasteiger partial charge in [0.05, 0.1) is 0 Å². The van der Waals surface area contributed by atoms with Gasteiger partial charge in [0.1, 0.15) is 5.69 Å². The third-order valence-electron chi connectivity index (χ3n) is 4.15. The van der Waals surface area contributed by atoms with E-state index in [1.165, 1.54) is 6.20 Å². The summed E-state index contributed by atoms with van der Waals surface area (Å²) in [6, 6.07) is 0.532. The van der Waals surface area contributed by atoms with Crippen LogP contribution in [0.5, 0.6) is 0 Å². The van der Waals surface area contributed by atoms with E-state index < -0.39 is 0 Å². The Balaban J connectivity index is 1.93. The first-order valence-electron chi connectivity index (χ1n) is 6.72. The molecule has 0 aliphatic carbocycles. The maximum Gasteiger partial charge on any atom is 0.323 e. The van der Waals surface area contributed by atoms with Crippen LogP contribution in [-0.2, 0) is 0 Å². The molecule has 1 aromatic rings. The Hall–Kier alpha value is -1.56. The fraction of sp³-hybridized carbons (Fsp3) is 0.692. The van der Waals surface area contributed by atoms with Crippen LogP contribution >= 0.6 is 0 Å². The molecule has 1 amide bonds. The van der Waals surface area contributed by atoms with Gasteiger partial charge in [-0.1, -0.05) is 0 Å². The molecule has 0 spiro atoms. The Bertz CT molecular complexity index is 483. The molecule has 1 aliphatic heterocycles. The smallest absolute Gasteiger partial charge is 0.323 e. The van der Waals surface area contributed by atoms with Crippen LogP contribution in [0.3, 0.4) is 0 Å². The summed E-state index contributed by atoms with van der Waals surface area (Å²) in [5.74, 6) is 0.540. The molecule has 6 heteroatoms. The third kappa shape index (κ3) is 3.07. The normalized spacial score (nSPS) is 18.8. The van der Waals surface area contributed by atoms with Crippen molar-refractivity contribution in [3.05, 3.63) is 22.4 Å². The Morgan fingerprint density at radius 2 is 2.05 bits per heavy atom. The molecule has 0 bridgehead atoms. The number of likely N-dealkylation sites (tertiary alicyclic amines) is 1. The zero-order chi connectivity index (χ0) is 14.0. The van der Waals surface area contributed by atoms with Gasteiger partial charge in [-0.05, 0) is 39.8 Å². The van der Waals surface area contributed by atoms with Crippen molar-refractivity contribution in [1.82, 2.24) is 19.8 Å². The highest BCUT2D eigenvalue weighted by Gasteiger charge is 2.28. The SMILES string of the molecule is C[C@H](C1CCN(C(=O)c2c[nH]c(=O)[nH]2)CC1)N(C)C. The fourth-order valence-corrected chi connectivity index (χ4v) is 2.62. The van der Waals surface area contributed by atoms with Gasteiger partial charge in [-0.15, -0.1) is 0 Å². The summed E-state index contributed by atoms with van der Waals surface area (Å²) in [4.78, 5) is 32.2. The zero-order valence-electron chi connectivity index (χ0n) is 11.8. The molecule has 106 valence electrons. The predicted octanol–water partition coefficient (Wildman–Crippen LogP) is 0.505. The maximum absolute atomic E-state index is 12.1. The molecular weight excluding hydrogens is 244 g/mol. The molecule has 0 unspecified atom stereocenters. The monoisotopic (exact) mass is 266 g/mol. The molecule has 1 aliphatic rings. The largest absolute Gasteiger partial charge is 0.337 e. The number of nitrogens with one attached hydrogen (secondary N) is 2. The standard InChI is InChI=1S/C13H22N4O2/c1-9(16(2)3)10-4-6-17(7-5-10)12(18)11-8-14-13(19)15-11/h8-10H,4-7H2,1-3H3,(H2,14,15,19)/t9-/m1/s1. The van der Waals surface area contributed by atoms with Crippen molar-refractivity contribution in [2.24, 2.45) is 5.92 Å². The lowest BCUT2D eigenvalue weighted by Crippen LogP contribution is -2.43. The van der Waals surface area contributed by atoms with Gasteiger partial charge < -0.3 is 19.8 Å². The van der Waals surface area contributed by atoms with Crippen LogP contribution in [-0.4, -0.2) is 58.9 Å². The molecule has 1 atom stereocenters. The molecule has 2 rings (SSSR count). The van der Waals surface area contributed by atoms with E-state index in [0.717, 1.165) is 25.9 Å². The van der Waals surface area contributed by atoms with E-state index in [9.17, 15) is 9.59 Å². The minimum Gasteiger partial charge on any atom is -0.337 e. The average molecular weight is 266 g/mol. The molecule has 1 aromatic heterocycles. The molecule has 0 radical (unpaired) electrons. The van der Waals surface area contributed by atoms with Gasteiger partial charge in [0, 0.05) is 25.3 Å². The zero-order valence-corrected chi connectivity index (χ0v) is 11.8. The molecule has 6 nitrogen and oxygen atoms in total. The van der Waals surface area contributed by atoms with Crippen LogP contribution in [0.15, 0.2) is 11.0 Å². The molecule has 2 N–H and O–H groups in total. The van der Waals surface area contributed by atoms with Gasteiger partial charge in [-0.3, -0.25) is 4.79 Å². The summed E-state index contributed by atoms with van der Waals surface area (Å²) < 4.78 is 0. The highest BCUT2D eigenvalue weighted by molar-refractivity contribution is 5.92. The second-order valence-electron chi connectivity index (χ2n) is 5.49. The van der Waals surface area contributed by atoms with Crippen LogP contribution < -0.4 is 5.69 Å². The average Bonchev–Trinajstić information content (AvgIpc) is 2.84. The first-order chi connectivity index (χ1) is 8.99. The first-order valence-corrected chi connectivity index (χ1v) is 6.72. The maximum atomic E-state index is 12.1. The number of rotatable bonds is 3. The second kappa shape index (κ2) is 5.61. The quantitative estimate of drug-likeness (QED) is 0.837. The lowest BCUT2D eigenvalue weighted by molar-refractivity contribution is 0.0636. The number of hydrogen-bond donors (Lipinski definition) is 2. The lowest BCUT2D eigenvalue weighted by Gasteiger charge is -2.37. The molecular formula is C13H22N4O2.